The zero-order valence-electron chi connectivity index (χ0n) is 7.83. The molecule has 0 spiro atoms. The van der Waals surface area contributed by atoms with Crippen LogP contribution in [0, 0.1) is 0 Å². The van der Waals surface area contributed by atoms with Crippen LogP contribution in [-0.2, 0) is 0 Å². The van der Waals surface area contributed by atoms with Crippen LogP contribution < -0.4 is 0 Å². The molecular weight excluding hydrogens is 142 g/mol. The largest absolute Gasteiger partial charge is 0.394 e. The highest BCUT2D eigenvalue weighted by Gasteiger charge is 2.22. The molecule has 11 heavy (non-hydrogen) atoms. The number of aliphatic hydroxyl groups excluding tert-OH is 2. The minimum atomic E-state index is -0.342. The minimum absolute atomic E-state index is 0.107. The minimum Gasteiger partial charge on any atom is -0.394 e. The second-order valence-corrected chi connectivity index (χ2v) is 3.70. The predicted molar refractivity (Wildman–Crippen MR) is 45.5 cm³/mol. The SMILES string of the molecule is CC(O)CN(C)C(C)(C)CO. The Kier molecular flexibility index (Phi) is 4.00. The normalized spacial score (nSPS) is 15.5. The maximum atomic E-state index is 9.06. The van der Waals surface area contributed by atoms with E-state index in [1.807, 2.05) is 25.8 Å². The molecule has 0 saturated carbocycles. The highest BCUT2D eigenvalue weighted by molar-refractivity contribution is 4.78. The summed E-state index contributed by atoms with van der Waals surface area (Å²) >= 11 is 0. The zero-order chi connectivity index (χ0) is 9.07. The van der Waals surface area contributed by atoms with E-state index in [2.05, 4.69) is 0 Å². The van der Waals surface area contributed by atoms with E-state index in [0.717, 1.165) is 0 Å². The third-order valence-electron chi connectivity index (χ3n) is 1.96. The van der Waals surface area contributed by atoms with Crippen molar-refractivity contribution in [2.75, 3.05) is 20.2 Å². The lowest BCUT2D eigenvalue weighted by molar-refractivity contribution is 0.0421. The second-order valence-electron chi connectivity index (χ2n) is 3.70. The second kappa shape index (κ2) is 4.04. The number of nitrogens with zero attached hydrogens (tertiary/aromatic N) is 1. The van der Waals surface area contributed by atoms with Gasteiger partial charge in [0, 0.05) is 12.1 Å². The number of rotatable bonds is 4. The fourth-order valence-electron chi connectivity index (χ4n) is 0.764. The highest BCUT2D eigenvalue weighted by atomic mass is 16.3. The third-order valence-corrected chi connectivity index (χ3v) is 1.96. The Hall–Kier alpha value is -0.120. The fourth-order valence-corrected chi connectivity index (χ4v) is 0.764. The molecule has 3 nitrogen and oxygen atoms in total. The van der Waals surface area contributed by atoms with Gasteiger partial charge in [-0.2, -0.15) is 0 Å². The van der Waals surface area contributed by atoms with E-state index in [1.165, 1.54) is 0 Å². The summed E-state index contributed by atoms with van der Waals surface area (Å²) in [6, 6.07) is 0. The van der Waals surface area contributed by atoms with E-state index in [1.54, 1.807) is 6.92 Å². The summed E-state index contributed by atoms with van der Waals surface area (Å²) in [6.45, 7) is 6.32. The van der Waals surface area contributed by atoms with Crippen LogP contribution in [0.4, 0.5) is 0 Å². The monoisotopic (exact) mass is 161 g/mol. The van der Waals surface area contributed by atoms with Gasteiger partial charge in [0.25, 0.3) is 0 Å². The molecule has 0 aromatic heterocycles. The van der Waals surface area contributed by atoms with Crippen LogP contribution >= 0.6 is 0 Å². The average molecular weight is 161 g/mol. The molecule has 68 valence electrons. The van der Waals surface area contributed by atoms with Gasteiger partial charge in [-0.1, -0.05) is 0 Å². The molecular formula is C8H19NO2. The van der Waals surface area contributed by atoms with Gasteiger partial charge in [-0.25, -0.2) is 0 Å². The molecule has 3 heteroatoms. The number of hydrogen-bond acceptors (Lipinski definition) is 3. The van der Waals surface area contributed by atoms with Crippen molar-refractivity contribution in [2.24, 2.45) is 0 Å². The van der Waals surface area contributed by atoms with Crippen LogP contribution in [0.3, 0.4) is 0 Å². The molecule has 0 aromatic rings. The van der Waals surface area contributed by atoms with Crippen molar-refractivity contribution in [3.05, 3.63) is 0 Å². The van der Waals surface area contributed by atoms with E-state index < -0.39 is 0 Å². The molecule has 0 aliphatic heterocycles. The van der Waals surface area contributed by atoms with Crippen LogP contribution in [-0.4, -0.2) is 47.0 Å². The molecule has 0 amide bonds. The maximum absolute atomic E-state index is 9.06. The fraction of sp³-hybridized carbons (Fsp3) is 1.00. The first-order chi connectivity index (χ1) is 4.90. The Balaban J connectivity index is 3.90. The summed E-state index contributed by atoms with van der Waals surface area (Å²) in [6.07, 6.45) is -0.342. The summed E-state index contributed by atoms with van der Waals surface area (Å²) in [4.78, 5) is 1.94. The predicted octanol–water partition coefficient (Wildman–Crippen LogP) is 0.0699. The maximum Gasteiger partial charge on any atom is 0.0639 e. The summed E-state index contributed by atoms with van der Waals surface area (Å²) in [7, 11) is 1.89. The van der Waals surface area contributed by atoms with Crippen molar-refractivity contribution in [3.8, 4) is 0 Å². The highest BCUT2D eigenvalue weighted by Crippen LogP contribution is 2.10. The molecule has 0 saturated heterocycles. The lowest BCUT2D eigenvalue weighted by Crippen LogP contribution is -2.46. The van der Waals surface area contributed by atoms with Crippen LogP contribution in [0.1, 0.15) is 20.8 Å². The van der Waals surface area contributed by atoms with Crippen LogP contribution in [0.2, 0.25) is 0 Å². The first-order valence-corrected chi connectivity index (χ1v) is 3.90. The van der Waals surface area contributed by atoms with Gasteiger partial charge in [-0.3, -0.25) is 4.90 Å². The molecule has 0 radical (unpaired) electrons. The Bertz CT molecular complexity index is 113. The molecule has 0 aliphatic rings. The van der Waals surface area contributed by atoms with Crippen molar-refractivity contribution in [1.29, 1.82) is 0 Å². The van der Waals surface area contributed by atoms with Crippen LogP contribution in [0.25, 0.3) is 0 Å². The number of hydrogen-bond donors (Lipinski definition) is 2. The first-order valence-electron chi connectivity index (χ1n) is 3.90. The molecule has 0 fully saturated rings. The summed E-state index contributed by atoms with van der Waals surface area (Å²) < 4.78 is 0. The Morgan fingerprint density at radius 3 is 2.18 bits per heavy atom. The number of β-amino-alcohol motifs (C(OH)–C–C–N with tert-alkyl or cyclic N) is 1. The summed E-state index contributed by atoms with van der Waals surface area (Å²) in [5.74, 6) is 0. The topological polar surface area (TPSA) is 43.7 Å². The number of likely N-dealkylation sites (N-methyl/N-ethyl adjacent to an activating group) is 1. The van der Waals surface area contributed by atoms with E-state index in [0.29, 0.717) is 6.54 Å². The van der Waals surface area contributed by atoms with E-state index in [9.17, 15) is 0 Å². The molecule has 0 rings (SSSR count). The third kappa shape index (κ3) is 3.70. The molecule has 1 atom stereocenters. The van der Waals surface area contributed by atoms with Gasteiger partial charge in [-0.05, 0) is 27.8 Å². The zero-order valence-corrected chi connectivity index (χ0v) is 7.83. The quantitative estimate of drug-likeness (QED) is 0.613. The van der Waals surface area contributed by atoms with E-state index in [4.69, 9.17) is 10.2 Å². The Morgan fingerprint density at radius 2 is 1.91 bits per heavy atom. The molecule has 0 aromatic carbocycles. The van der Waals surface area contributed by atoms with Gasteiger partial charge in [-0.15, -0.1) is 0 Å². The van der Waals surface area contributed by atoms with E-state index in [-0.39, 0.29) is 18.2 Å². The van der Waals surface area contributed by atoms with Crippen molar-refractivity contribution < 1.29 is 10.2 Å². The first kappa shape index (κ1) is 10.9. The molecule has 2 N–H and O–H groups in total. The van der Waals surface area contributed by atoms with Gasteiger partial charge >= 0.3 is 0 Å². The van der Waals surface area contributed by atoms with Crippen molar-refractivity contribution in [3.63, 3.8) is 0 Å². The molecule has 0 bridgehead atoms. The van der Waals surface area contributed by atoms with Crippen molar-refractivity contribution in [2.45, 2.75) is 32.4 Å². The average Bonchev–Trinajstić information content (AvgIpc) is 1.86. The number of aliphatic hydroxyl groups is 2. The van der Waals surface area contributed by atoms with Crippen molar-refractivity contribution >= 4 is 0 Å². The molecule has 1 unspecified atom stereocenters. The van der Waals surface area contributed by atoms with Crippen molar-refractivity contribution in [1.82, 2.24) is 4.90 Å². The van der Waals surface area contributed by atoms with Gasteiger partial charge < -0.3 is 10.2 Å². The van der Waals surface area contributed by atoms with Gasteiger partial charge in [0.2, 0.25) is 0 Å². The standard InChI is InChI=1S/C8H19NO2/c1-7(11)5-9(4)8(2,3)6-10/h7,10-11H,5-6H2,1-4H3. The van der Waals surface area contributed by atoms with E-state index >= 15 is 0 Å². The Labute approximate surface area is 68.6 Å². The van der Waals surface area contributed by atoms with Gasteiger partial charge in [0.15, 0.2) is 0 Å². The van der Waals surface area contributed by atoms with Crippen LogP contribution in [0.15, 0.2) is 0 Å². The Morgan fingerprint density at radius 1 is 1.45 bits per heavy atom. The smallest absolute Gasteiger partial charge is 0.0639 e. The van der Waals surface area contributed by atoms with Gasteiger partial charge in [0.05, 0.1) is 12.7 Å². The summed E-state index contributed by atoms with van der Waals surface area (Å²) in [5.41, 5.74) is -0.239. The molecule has 0 aliphatic carbocycles. The lowest BCUT2D eigenvalue weighted by Gasteiger charge is -2.34. The molecule has 0 heterocycles. The van der Waals surface area contributed by atoms with Gasteiger partial charge in [0.1, 0.15) is 0 Å². The van der Waals surface area contributed by atoms with Crippen LogP contribution in [0.5, 0.6) is 0 Å². The lowest BCUT2D eigenvalue weighted by atomic mass is 10.1. The summed E-state index contributed by atoms with van der Waals surface area (Å²) in [5, 5.41) is 18.0.